The Kier molecular flexibility index (Phi) is 5.47. The van der Waals surface area contributed by atoms with E-state index >= 15 is 0 Å². The van der Waals surface area contributed by atoms with Crippen molar-refractivity contribution in [3.05, 3.63) is 53.6 Å². The molecule has 1 aromatic carbocycles. The third-order valence-corrected chi connectivity index (χ3v) is 4.04. The molecule has 0 saturated heterocycles. The molecule has 2 aromatic rings. The minimum atomic E-state index is -0.278. The van der Waals surface area contributed by atoms with Crippen LogP contribution in [-0.4, -0.2) is 21.3 Å². The van der Waals surface area contributed by atoms with Gasteiger partial charge in [0.05, 0.1) is 0 Å². The van der Waals surface area contributed by atoms with E-state index in [1.807, 2.05) is 17.8 Å². The minimum absolute atomic E-state index is 0.0760. The van der Waals surface area contributed by atoms with E-state index in [-0.39, 0.29) is 17.4 Å². The number of halogens is 1. The summed E-state index contributed by atoms with van der Waals surface area (Å²) in [4.78, 5) is 16.4. The number of amides is 1. The number of hydrogen-bond acceptors (Lipinski definition) is 2. The number of imidazole rings is 1. The molecule has 0 fully saturated rings. The fourth-order valence-electron chi connectivity index (χ4n) is 2.45. The highest BCUT2D eigenvalue weighted by Gasteiger charge is 2.21. The Morgan fingerprint density at radius 1 is 1.30 bits per heavy atom. The molecule has 1 unspecified atom stereocenters. The molecule has 4 nitrogen and oxygen atoms in total. The molecule has 0 aliphatic rings. The first-order valence-electron chi connectivity index (χ1n) is 7.76. The van der Waals surface area contributed by atoms with Gasteiger partial charge in [-0.1, -0.05) is 45.0 Å². The Bertz CT molecular complexity index is 656. The van der Waals surface area contributed by atoms with Gasteiger partial charge in [0.15, 0.2) is 0 Å². The summed E-state index contributed by atoms with van der Waals surface area (Å²) >= 11 is 5.67. The predicted octanol–water partition coefficient (Wildman–Crippen LogP) is 3.55. The van der Waals surface area contributed by atoms with Gasteiger partial charge in [0.25, 0.3) is 0 Å². The van der Waals surface area contributed by atoms with Crippen LogP contribution in [0.4, 0.5) is 0 Å². The second-order valence-corrected chi connectivity index (χ2v) is 7.09. The van der Waals surface area contributed by atoms with E-state index in [0.29, 0.717) is 12.3 Å². The average molecular weight is 334 g/mol. The maximum absolute atomic E-state index is 12.0. The summed E-state index contributed by atoms with van der Waals surface area (Å²) in [7, 11) is 1.92. The Labute approximate surface area is 142 Å². The van der Waals surface area contributed by atoms with Gasteiger partial charge in [-0.25, -0.2) is 4.98 Å². The number of aryl methyl sites for hydroxylation is 1. The van der Waals surface area contributed by atoms with Crippen LogP contribution in [0, 0.1) is 0 Å². The topological polar surface area (TPSA) is 46.9 Å². The summed E-state index contributed by atoms with van der Waals surface area (Å²) in [6, 6.07) is 8.06. The summed E-state index contributed by atoms with van der Waals surface area (Å²) in [6.07, 6.45) is 3.90. The van der Waals surface area contributed by atoms with Crippen LogP contribution in [0.2, 0.25) is 0 Å². The molecule has 124 valence electrons. The highest BCUT2D eigenvalue weighted by atomic mass is 35.5. The third kappa shape index (κ3) is 4.35. The molecule has 1 N–H and O–H groups in total. The van der Waals surface area contributed by atoms with Gasteiger partial charge in [-0.15, -0.1) is 11.6 Å². The van der Waals surface area contributed by atoms with Crippen molar-refractivity contribution < 1.29 is 4.79 Å². The normalized spacial score (nSPS) is 12.9. The Hall–Kier alpha value is -1.81. The first-order valence-corrected chi connectivity index (χ1v) is 8.29. The molecule has 1 amide bonds. The van der Waals surface area contributed by atoms with Crippen LogP contribution in [-0.2, 0) is 17.3 Å². The molecular formula is C18H24ClN3O. The van der Waals surface area contributed by atoms with Crippen molar-refractivity contribution in [2.75, 3.05) is 5.88 Å². The average Bonchev–Trinajstić information content (AvgIpc) is 2.90. The monoisotopic (exact) mass is 333 g/mol. The molecule has 0 radical (unpaired) electrons. The van der Waals surface area contributed by atoms with Crippen LogP contribution in [0.3, 0.4) is 0 Å². The third-order valence-electron chi connectivity index (χ3n) is 3.85. The molecule has 1 atom stereocenters. The maximum atomic E-state index is 12.0. The van der Waals surface area contributed by atoms with E-state index in [9.17, 15) is 4.79 Å². The number of benzene rings is 1. The second kappa shape index (κ2) is 7.18. The van der Waals surface area contributed by atoms with E-state index in [1.54, 1.807) is 6.20 Å². The van der Waals surface area contributed by atoms with E-state index < -0.39 is 0 Å². The molecule has 0 spiro atoms. The van der Waals surface area contributed by atoms with Crippen LogP contribution >= 0.6 is 11.6 Å². The molecule has 2 rings (SSSR count). The first kappa shape index (κ1) is 17.5. The summed E-state index contributed by atoms with van der Waals surface area (Å²) < 4.78 is 1.92. The van der Waals surface area contributed by atoms with Crippen LogP contribution in [0.25, 0.3) is 0 Å². The maximum Gasteiger partial charge on any atom is 0.222 e. The smallest absolute Gasteiger partial charge is 0.222 e. The molecular weight excluding hydrogens is 310 g/mol. The van der Waals surface area contributed by atoms with E-state index in [2.05, 4.69) is 55.3 Å². The number of alkyl halides is 1. The van der Waals surface area contributed by atoms with Crippen molar-refractivity contribution in [2.24, 2.45) is 7.05 Å². The Balaban J connectivity index is 2.34. The highest BCUT2D eigenvalue weighted by Crippen LogP contribution is 2.26. The van der Waals surface area contributed by atoms with Crippen LogP contribution in [0.15, 0.2) is 36.7 Å². The lowest BCUT2D eigenvalue weighted by atomic mass is 9.86. The van der Waals surface area contributed by atoms with Crippen molar-refractivity contribution in [3.8, 4) is 0 Å². The molecule has 0 bridgehead atoms. The zero-order valence-electron chi connectivity index (χ0n) is 14.1. The van der Waals surface area contributed by atoms with Crippen molar-refractivity contribution >= 4 is 17.5 Å². The van der Waals surface area contributed by atoms with Gasteiger partial charge in [-0.05, 0) is 16.5 Å². The lowest BCUT2D eigenvalue weighted by molar-refractivity contribution is -0.121. The van der Waals surface area contributed by atoms with Crippen LogP contribution < -0.4 is 5.32 Å². The SMILES string of the molecule is Cn1ccnc1C(NC(=O)CCCl)c1ccc(C(C)(C)C)cc1. The number of carbonyl (C=O) groups is 1. The lowest BCUT2D eigenvalue weighted by Gasteiger charge is -2.22. The number of aromatic nitrogens is 2. The minimum Gasteiger partial charge on any atom is -0.342 e. The largest absolute Gasteiger partial charge is 0.342 e. The quantitative estimate of drug-likeness (QED) is 0.850. The second-order valence-electron chi connectivity index (χ2n) is 6.71. The number of nitrogens with one attached hydrogen (secondary N) is 1. The van der Waals surface area contributed by atoms with E-state index in [4.69, 9.17) is 11.6 Å². The fourth-order valence-corrected chi connectivity index (χ4v) is 2.62. The number of carbonyl (C=O) groups excluding carboxylic acids is 1. The van der Waals surface area contributed by atoms with Gasteiger partial charge in [0.2, 0.25) is 5.91 Å². The summed E-state index contributed by atoms with van der Waals surface area (Å²) in [5.41, 5.74) is 2.36. The molecule has 5 heteroatoms. The number of hydrogen-bond donors (Lipinski definition) is 1. The van der Waals surface area contributed by atoms with Crippen molar-refractivity contribution in [2.45, 2.75) is 38.6 Å². The first-order chi connectivity index (χ1) is 10.8. The van der Waals surface area contributed by atoms with Crippen LogP contribution in [0.5, 0.6) is 0 Å². The van der Waals surface area contributed by atoms with E-state index in [1.165, 1.54) is 5.56 Å². The lowest BCUT2D eigenvalue weighted by Crippen LogP contribution is -2.31. The highest BCUT2D eigenvalue weighted by molar-refractivity contribution is 6.18. The van der Waals surface area contributed by atoms with Gasteiger partial charge in [0.1, 0.15) is 11.9 Å². The standard InChI is InChI=1S/C18H24ClN3O/c1-18(2,3)14-7-5-13(6-8-14)16(21-15(23)9-10-19)17-20-11-12-22(17)4/h5-8,11-12,16H,9-10H2,1-4H3,(H,21,23). The Morgan fingerprint density at radius 2 is 1.96 bits per heavy atom. The van der Waals surface area contributed by atoms with Crippen molar-refractivity contribution in [1.29, 1.82) is 0 Å². The molecule has 0 aliphatic carbocycles. The zero-order valence-corrected chi connectivity index (χ0v) is 14.9. The van der Waals surface area contributed by atoms with Gasteiger partial charge in [-0.2, -0.15) is 0 Å². The van der Waals surface area contributed by atoms with Gasteiger partial charge in [0, 0.05) is 31.7 Å². The zero-order chi connectivity index (χ0) is 17.0. The summed E-state index contributed by atoms with van der Waals surface area (Å²) in [6.45, 7) is 6.54. The van der Waals surface area contributed by atoms with Gasteiger partial charge in [-0.3, -0.25) is 4.79 Å². The number of rotatable bonds is 5. The van der Waals surface area contributed by atoms with E-state index in [0.717, 1.165) is 11.4 Å². The molecule has 23 heavy (non-hydrogen) atoms. The van der Waals surface area contributed by atoms with Crippen molar-refractivity contribution in [3.63, 3.8) is 0 Å². The Morgan fingerprint density at radius 3 is 2.43 bits per heavy atom. The van der Waals surface area contributed by atoms with Gasteiger partial charge >= 0.3 is 0 Å². The van der Waals surface area contributed by atoms with Crippen LogP contribution in [0.1, 0.15) is 50.2 Å². The fraction of sp³-hybridized carbons (Fsp3) is 0.444. The van der Waals surface area contributed by atoms with Crippen molar-refractivity contribution in [1.82, 2.24) is 14.9 Å². The summed E-state index contributed by atoms with van der Waals surface area (Å²) in [5.74, 6) is 1.03. The number of nitrogens with zero attached hydrogens (tertiary/aromatic N) is 2. The molecule has 1 aromatic heterocycles. The predicted molar refractivity (Wildman–Crippen MR) is 93.7 cm³/mol. The summed E-state index contributed by atoms with van der Waals surface area (Å²) in [5, 5.41) is 3.03. The molecule has 1 heterocycles. The van der Waals surface area contributed by atoms with Gasteiger partial charge < -0.3 is 9.88 Å². The molecule has 0 saturated carbocycles. The molecule has 0 aliphatic heterocycles.